The van der Waals surface area contributed by atoms with Crippen LogP contribution < -0.4 is 18.9 Å². The SMILES string of the molecule is CCCOc1ccc(OCCBr)c2c1CN1C(=O)N3CN4C(=O)N5CN6C(=O)N7CN8C(=O)N9Cc%10c(OCCBr)ccc(OCCBr)c%10CN%10C(=O)N(CN%11C(=O)N(CN%12C(=O)N(CN%13C(=O)N(C2)[C@@]1(C)[C@]3%13C)[C@H]4[C@H]5%12)[C@H]6[C@H]7%11)[C@@]8(C)[C@]9%10C. The van der Waals surface area contributed by atoms with Crippen molar-refractivity contribution in [2.45, 2.75) is 115 Å². The van der Waals surface area contributed by atoms with Crippen LogP contribution in [0.15, 0.2) is 24.3 Å². The Hall–Kier alpha value is -6.76. The van der Waals surface area contributed by atoms with Crippen molar-refractivity contribution in [1.29, 1.82) is 0 Å². The van der Waals surface area contributed by atoms with E-state index in [1.807, 2.05) is 32.9 Å². The zero-order valence-corrected chi connectivity index (χ0v) is 50.3. The third-order valence-corrected chi connectivity index (χ3v) is 21.1. The van der Waals surface area contributed by atoms with E-state index in [0.717, 1.165) is 6.42 Å². The number of alkyl halides is 3. The van der Waals surface area contributed by atoms with E-state index in [4.69, 9.17) is 18.9 Å². The van der Waals surface area contributed by atoms with Gasteiger partial charge in [0.15, 0.2) is 47.3 Å². The summed E-state index contributed by atoms with van der Waals surface area (Å²) in [6, 6.07) is 3.09. The Bertz CT molecular complexity index is 2880. The first-order valence-electron chi connectivity index (χ1n) is 27.5. The number of ether oxygens (including phenoxy) is 4. The highest BCUT2D eigenvalue weighted by molar-refractivity contribution is 9.09. The molecule has 82 heavy (non-hydrogen) atoms. The van der Waals surface area contributed by atoms with Crippen LogP contribution in [0.25, 0.3) is 0 Å². The van der Waals surface area contributed by atoms with Gasteiger partial charge in [0.2, 0.25) is 0 Å². The highest BCUT2D eigenvalue weighted by Crippen LogP contribution is 2.59. The Morgan fingerprint density at radius 2 is 0.573 bits per heavy atom. The highest BCUT2D eigenvalue weighted by atomic mass is 79.9. The molecular weight excluding hydrogens is 1270 g/mol. The number of fused-ring (bicyclic) bond motifs is 2. The molecule has 2 aromatic rings. The molecule has 11 saturated heterocycles. The van der Waals surface area contributed by atoms with Crippen molar-refractivity contribution in [1.82, 2.24) is 78.4 Å². The number of hydrogen-bond acceptors (Lipinski definition) is 12. The van der Waals surface area contributed by atoms with Crippen LogP contribution in [0, 0.1) is 0 Å². The van der Waals surface area contributed by atoms with Crippen molar-refractivity contribution in [3.63, 3.8) is 0 Å². The fourth-order valence-corrected chi connectivity index (χ4v) is 16.3. The van der Waals surface area contributed by atoms with Crippen molar-refractivity contribution in [3.05, 3.63) is 46.5 Å². The molecule has 0 radical (unpaired) electrons. The maximum Gasteiger partial charge on any atom is 0.326 e. The molecule has 31 heteroatoms. The second-order valence-corrected chi connectivity index (χ2v) is 25.5. The molecule has 13 aliphatic rings. The molecule has 0 aromatic heterocycles. The fourth-order valence-electron chi connectivity index (χ4n) is 15.8. The Morgan fingerprint density at radius 1 is 0.354 bits per heavy atom. The Labute approximate surface area is 495 Å². The minimum atomic E-state index is -1.48. The largest absolute Gasteiger partial charge is 0.493 e. The number of nitrogens with zero attached hydrogens (tertiary/aromatic N) is 16. The van der Waals surface area contributed by atoms with Gasteiger partial charge in [-0.3, -0.25) is 78.4 Å². The summed E-state index contributed by atoms with van der Waals surface area (Å²) < 4.78 is 25.0. The number of urea groups is 8. The third-order valence-electron chi connectivity index (χ3n) is 20.1. The van der Waals surface area contributed by atoms with Crippen LogP contribution in [0.2, 0.25) is 0 Å². The minimum absolute atomic E-state index is 0.0253. The quantitative estimate of drug-likeness (QED) is 0.270. The van der Waals surface area contributed by atoms with Crippen LogP contribution in [0.3, 0.4) is 0 Å². The third kappa shape index (κ3) is 5.96. The maximum atomic E-state index is 15.5. The lowest BCUT2D eigenvalue weighted by Gasteiger charge is -2.49. The van der Waals surface area contributed by atoms with E-state index in [0.29, 0.717) is 87.7 Å². The molecule has 0 aliphatic carbocycles. The van der Waals surface area contributed by atoms with Gasteiger partial charge in [-0.15, -0.1) is 0 Å². The van der Waals surface area contributed by atoms with Gasteiger partial charge in [-0.2, -0.15) is 0 Å². The summed E-state index contributed by atoms with van der Waals surface area (Å²) in [4.78, 5) is 148. The number of carbonyl (C=O) groups excluding carboxylic acids is 8. The summed E-state index contributed by atoms with van der Waals surface area (Å²) in [6.07, 6.45) is -3.68. The number of halogens is 3. The Kier molecular flexibility index (Phi) is 11.1. The highest BCUT2D eigenvalue weighted by Gasteiger charge is 2.80. The molecule has 16 amide bonds. The average molecular weight is 1330 g/mol. The lowest BCUT2D eigenvalue weighted by Crippen LogP contribution is -2.69. The molecule has 0 unspecified atom stereocenters. The van der Waals surface area contributed by atoms with E-state index in [2.05, 4.69) is 47.8 Å². The Morgan fingerprint density at radius 3 is 0.805 bits per heavy atom. The summed E-state index contributed by atoms with van der Waals surface area (Å²) in [5.41, 5.74) is -2.96. The van der Waals surface area contributed by atoms with Crippen LogP contribution in [-0.4, -0.2) is 256 Å². The molecule has 11 fully saturated rings. The standard InChI is InChI=1S/C51H59Br3N16O12/c1-6-14-79-32-7-8-33(80-15-11-52)29-19-64-45(76)68-25-60-38-36-55(40(71)59(38)24-67-44(75)63(18-28(29)32)48(64,2)50(67,68)4)22-57-37-39-61(42(57)73)26-69-46(77)65-20-30-31(35(82-17-13-54)10-9-34(30)81-16-12-53)21-66-47(78)70(51(69,5)49(65,66)3)27-62(39)43(74)58(37)23-56(36)41(60)72/h7-10,36-39H,6,11-27H2,1-5H3/t36-,37+,38+,39-,48+,49-,50-,51+/m1/s1. The molecule has 8 atom stereocenters. The molecule has 0 spiro atoms. The maximum absolute atomic E-state index is 15.5. The van der Waals surface area contributed by atoms with Gasteiger partial charge in [0.25, 0.3) is 0 Å². The van der Waals surface area contributed by atoms with Gasteiger partial charge in [0, 0.05) is 38.2 Å². The van der Waals surface area contributed by atoms with Crippen molar-refractivity contribution in [2.75, 3.05) is 82.4 Å². The second-order valence-electron chi connectivity index (χ2n) is 23.2. The smallest absolute Gasteiger partial charge is 0.326 e. The lowest BCUT2D eigenvalue weighted by atomic mass is 9.95. The molecule has 15 rings (SSSR count). The zero-order chi connectivity index (χ0) is 57.2. The predicted molar refractivity (Wildman–Crippen MR) is 292 cm³/mol. The van der Waals surface area contributed by atoms with E-state index in [9.17, 15) is 0 Å². The first-order chi connectivity index (χ1) is 39.4. The fraction of sp³-hybridized carbons (Fsp3) is 0.608. The number of benzene rings is 2. The first kappa shape index (κ1) is 52.1. The molecule has 13 aliphatic heterocycles. The lowest BCUT2D eigenvalue weighted by molar-refractivity contribution is -0.0871. The van der Waals surface area contributed by atoms with Crippen LogP contribution in [0.1, 0.15) is 63.3 Å². The summed E-state index contributed by atoms with van der Waals surface area (Å²) >= 11 is 10.4. The van der Waals surface area contributed by atoms with Gasteiger partial charge < -0.3 is 18.9 Å². The van der Waals surface area contributed by atoms with Crippen molar-refractivity contribution in [3.8, 4) is 23.0 Å². The molecule has 0 saturated carbocycles. The topological polar surface area (TPSA) is 225 Å². The summed E-state index contributed by atoms with van der Waals surface area (Å²) in [5.74, 6) is 2.17. The summed E-state index contributed by atoms with van der Waals surface area (Å²) in [7, 11) is 0. The molecule has 0 bridgehead atoms. The number of amides is 16. The van der Waals surface area contributed by atoms with Crippen molar-refractivity contribution < 1.29 is 57.3 Å². The molecule has 0 N–H and O–H groups in total. The summed E-state index contributed by atoms with van der Waals surface area (Å²) in [6.45, 7) is 8.60. The first-order valence-corrected chi connectivity index (χ1v) is 30.9. The van der Waals surface area contributed by atoms with Gasteiger partial charge in [-0.05, 0) is 58.4 Å². The predicted octanol–water partition coefficient (Wildman–Crippen LogP) is 4.38. The van der Waals surface area contributed by atoms with Gasteiger partial charge in [0.05, 0.1) is 52.6 Å². The van der Waals surface area contributed by atoms with Crippen LogP contribution in [-0.2, 0) is 26.2 Å². The minimum Gasteiger partial charge on any atom is -0.493 e. The van der Waals surface area contributed by atoms with Gasteiger partial charge in [0.1, 0.15) is 63.0 Å². The number of carbonyl (C=O) groups is 8. The molecule has 436 valence electrons. The second kappa shape index (κ2) is 17.4. The molecule has 2 aromatic carbocycles. The zero-order valence-electron chi connectivity index (χ0n) is 45.5. The summed E-state index contributed by atoms with van der Waals surface area (Å²) in [5, 5.41) is 1.64. The number of hydrogen-bond donors (Lipinski definition) is 0. The average Bonchev–Trinajstić information content (AvgIpc) is 1.57. The van der Waals surface area contributed by atoms with Crippen molar-refractivity contribution >= 4 is 96.0 Å². The van der Waals surface area contributed by atoms with E-state index in [-0.39, 0.29) is 52.9 Å². The Balaban J connectivity index is 0.785. The molecule has 13 heterocycles. The van der Waals surface area contributed by atoms with Gasteiger partial charge in [-0.25, -0.2) is 38.4 Å². The van der Waals surface area contributed by atoms with Crippen LogP contribution in [0.5, 0.6) is 23.0 Å². The van der Waals surface area contributed by atoms with E-state index in [1.54, 1.807) is 45.6 Å². The van der Waals surface area contributed by atoms with Gasteiger partial charge in [-0.1, -0.05) is 54.7 Å². The number of rotatable bonds is 12. The van der Waals surface area contributed by atoms with Crippen LogP contribution >= 0.6 is 47.8 Å². The van der Waals surface area contributed by atoms with Gasteiger partial charge >= 0.3 is 48.2 Å². The van der Waals surface area contributed by atoms with Crippen LogP contribution in [0.4, 0.5) is 38.4 Å². The normalized spacial score (nSPS) is 32.3. The monoisotopic (exact) mass is 1320 g/mol. The van der Waals surface area contributed by atoms with E-state index >= 15 is 38.4 Å². The van der Waals surface area contributed by atoms with E-state index in [1.165, 1.54) is 58.8 Å². The molecule has 28 nitrogen and oxygen atoms in total. The molecular formula is C51H59Br3N16O12. The van der Waals surface area contributed by atoms with E-state index < -0.39 is 109 Å². The van der Waals surface area contributed by atoms with Crippen molar-refractivity contribution in [2.24, 2.45) is 0 Å².